The van der Waals surface area contributed by atoms with Crippen LogP contribution in [-0.2, 0) is 6.18 Å². The first-order valence-electron chi connectivity index (χ1n) is 21.4. The first-order valence-corrected chi connectivity index (χ1v) is 21.4. The highest BCUT2D eigenvalue weighted by Gasteiger charge is 2.37. The Morgan fingerprint density at radius 3 is 1.46 bits per heavy atom. The smallest absolute Gasteiger partial charge is 0.322 e. The van der Waals surface area contributed by atoms with E-state index in [-0.39, 0.29) is 34.2 Å². The van der Waals surface area contributed by atoms with Crippen molar-refractivity contribution >= 4 is 34.2 Å². The highest BCUT2D eigenvalue weighted by atomic mass is 19.4. The molecule has 10 nitrogen and oxygen atoms in total. The highest BCUT2D eigenvalue weighted by molar-refractivity contribution is 6.07. The summed E-state index contributed by atoms with van der Waals surface area (Å²) in [5, 5.41) is 5.22. The molecule has 0 saturated heterocycles. The van der Waals surface area contributed by atoms with Crippen molar-refractivity contribution in [2.45, 2.75) is 20.0 Å². The number of anilines is 2. The second kappa shape index (κ2) is 19.1. The normalized spacial score (nSPS) is 11.4. The summed E-state index contributed by atoms with van der Waals surface area (Å²) in [7, 11) is 0. The lowest BCUT2D eigenvalue weighted by molar-refractivity contribution is -0.141. The molecule has 2 amide bonds. The molecular weight excluding hydrogens is 933 g/mol. The van der Waals surface area contributed by atoms with Crippen molar-refractivity contribution in [3.05, 3.63) is 216 Å². The molecule has 0 radical (unpaired) electrons. The number of hydrogen-bond donors (Lipinski definition) is 2. The zero-order valence-electron chi connectivity index (χ0n) is 37.0. The Labute approximate surface area is 398 Å². The summed E-state index contributed by atoms with van der Waals surface area (Å²) < 4.78 is 114. The first kappa shape index (κ1) is 47.0. The Morgan fingerprint density at radius 1 is 0.507 bits per heavy atom. The van der Waals surface area contributed by atoms with E-state index in [1.807, 2.05) is 13.0 Å². The number of nitrogens with zero attached hydrogens (tertiary/aromatic N) is 6. The van der Waals surface area contributed by atoms with Gasteiger partial charge in [0, 0.05) is 58.4 Å². The summed E-state index contributed by atoms with van der Waals surface area (Å²) >= 11 is 0. The summed E-state index contributed by atoms with van der Waals surface area (Å²) in [5.74, 6) is -5.45. The maximum atomic E-state index is 14.4. The molecule has 0 fully saturated rings. The molecule has 71 heavy (non-hydrogen) atoms. The minimum atomic E-state index is -4.87. The summed E-state index contributed by atoms with van der Waals surface area (Å²) in [6.07, 6.45) is 3.99. The topological polar surface area (TPSA) is 119 Å². The number of alkyl halides is 3. The minimum absolute atomic E-state index is 0.0403. The van der Waals surface area contributed by atoms with Gasteiger partial charge in [0.15, 0.2) is 29.0 Å². The Bertz CT molecular complexity index is 3670. The SMILES string of the molecule is Cc1ccc(NC(=O)c2cc(-c3cccn4c(-c5cccc(F)c5F)ncc34)cnc2C(F)(F)F)cc1.Cc1ncc(-c2cccn3c(-c4cccc(F)c4F)ncc23)cc1C(=O)Nc1ccc(F)cc1. The number of hydrogen-bond acceptors (Lipinski definition) is 6. The Balaban J connectivity index is 0.000000176. The Kier molecular flexibility index (Phi) is 12.7. The zero-order valence-corrected chi connectivity index (χ0v) is 37.0. The molecule has 0 spiro atoms. The Hall–Kier alpha value is -9.06. The van der Waals surface area contributed by atoms with Crippen LogP contribution in [0.2, 0.25) is 0 Å². The molecule has 18 heteroatoms. The maximum Gasteiger partial charge on any atom is 0.434 e. The van der Waals surface area contributed by atoms with E-state index in [9.17, 15) is 44.7 Å². The standard InChI is InChI=1S/C27H17F5N4O.C26H17F3N4O/c1-15-7-9-17(10-8-15)35-26(37)20-12-16(13-33-24(20)27(30,31)32)18-5-3-11-36-22(18)14-34-25(36)19-4-2-6-21(28)23(19)29;1-15-21(26(34)32-18-9-7-17(27)8-10-18)12-16(13-30-15)19-5-3-11-33-23(19)14-31-25(33)20-4-2-6-22(28)24(20)29/h2-14H,1H3,(H,35,37);2-14H,1H3,(H,32,34). The zero-order chi connectivity index (χ0) is 50.1. The number of amides is 2. The van der Waals surface area contributed by atoms with Gasteiger partial charge in [-0.05, 0) is 98.8 Å². The molecule has 0 aliphatic heterocycles. The summed E-state index contributed by atoms with van der Waals surface area (Å²) in [4.78, 5) is 42.3. The lowest BCUT2D eigenvalue weighted by atomic mass is 10.0. The van der Waals surface area contributed by atoms with Gasteiger partial charge in [-0.3, -0.25) is 28.4 Å². The second-order valence-corrected chi connectivity index (χ2v) is 16.0. The molecule has 6 aromatic heterocycles. The van der Waals surface area contributed by atoms with Crippen molar-refractivity contribution in [1.29, 1.82) is 0 Å². The van der Waals surface area contributed by atoms with Crippen LogP contribution in [0, 0.1) is 42.9 Å². The average molecular weight is 967 g/mol. The number of imidazole rings is 2. The molecule has 0 unspecified atom stereocenters. The third kappa shape index (κ3) is 9.54. The fourth-order valence-corrected chi connectivity index (χ4v) is 7.77. The van der Waals surface area contributed by atoms with Gasteiger partial charge in [0.2, 0.25) is 0 Å². The molecule has 10 rings (SSSR count). The molecule has 0 saturated carbocycles. The second-order valence-electron chi connectivity index (χ2n) is 16.0. The van der Waals surface area contributed by atoms with Crippen LogP contribution in [0.4, 0.5) is 46.5 Å². The van der Waals surface area contributed by atoms with Crippen LogP contribution in [0.3, 0.4) is 0 Å². The van der Waals surface area contributed by atoms with Gasteiger partial charge >= 0.3 is 6.18 Å². The van der Waals surface area contributed by atoms with E-state index >= 15 is 0 Å². The van der Waals surface area contributed by atoms with Crippen LogP contribution in [0.15, 0.2) is 159 Å². The summed E-state index contributed by atoms with van der Waals surface area (Å²) in [5.41, 5.74) is 3.52. The van der Waals surface area contributed by atoms with Crippen LogP contribution < -0.4 is 10.6 Å². The fraction of sp³-hybridized carbons (Fsp3) is 0.0566. The van der Waals surface area contributed by atoms with E-state index in [1.165, 1.54) is 59.1 Å². The van der Waals surface area contributed by atoms with Crippen molar-refractivity contribution in [1.82, 2.24) is 28.7 Å². The van der Waals surface area contributed by atoms with Crippen molar-refractivity contribution in [3.8, 4) is 45.0 Å². The summed E-state index contributed by atoms with van der Waals surface area (Å²) in [6.45, 7) is 3.56. The van der Waals surface area contributed by atoms with Crippen LogP contribution in [0.25, 0.3) is 56.1 Å². The molecule has 0 bridgehead atoms. The van der Waals surface area contributed by atoms with Crippen molar-refractivity contribution in [2.75, 3.05) is 10.6 Å². The predicted octanol–water partition coefficient (Wildman–Crippen LogP) is 13.0. The van der Waals surface area contributed by atoms with Crippen LogP contribution in [0.1, 0.15) is 37.7 Å². The number of carbonyl (C=O) groups excluding carboxylic acids is 2. The molecule has 0 aliphatic rings. The molecule has 354 valence electrons. The Morgan fingerprint density at radius 2 is 0.958 bits per heavy atom. The van der Waals surface area contributed by atoms with E-state index in [0.717, 1.165) is 30.0 Å². The summed E-state index contributed by atoms with van der Waals surface area (Å²) in [6, 6.07) is 29.3. The van der Waals surface area contributed by atoms with E-state index in [1.54, 1.807) is 84.6 Å². The van der Waals surface area contributed by atoms with E-state index < -0.39 is 52.4 Å². The number of halogens is 8. The highest BCUT2D eigenvalue weighted by Crippen LogP contribution is 2.36. The predicted molar refractivity (Wildman–Crippen MR) is 251 cm³/mol. The number of carbonyl (C=O) groups is 2. The van der Waals surface area contributed by atoms with Gasteiger partial charge in [-0.15, -0.1) is 0 Å². The van der Waals surface area contributed by atoms with Gasteiger partial charge in [-0.25, -0.2) is 31.9 Å². The lowest BCUT2D eigenvalue weighted by Crippen LogP contribution is -2.20. The molecule has 4 aromatic carbocycles. The van der Waals surface area contributed by atoms with Crippen molar-refractivity contribution < 1.29 is 44.7 Å². The van der Waals surface area contributed by atoms with Gasteiger partial charge < -0.3 is 10.6 Å². The number of benzene rings is 4. The third-order valence-electron chi connectivity index (χ3n) is 11.3. The largest absolute Gasteiger partial charge is 0.434 e. The number of aryl methyl sites for hydroxylation is 2. The molecule has 0 aliphatic carbocycles. The number of aromatic nitrogens is 6. The van der Waals surface area contributed by atoms with E-state index in [2.05, 4.69) is 30.6 Å². The molecule has 6 heterocycles. The maximum absolute atomic E-state index is 14.4. The monoisotopic (exact) mass is 966 g/mol. The molecule has 2 N–H and O–H groups in total. The fourth-order valence-electron chi connectivity index (χ4n) is 7.77. The number of nitrogens with one attached hydrogen (secondary N) is 2. The van der Waals surface area contributed by atoms with Gasteiger partial charge in [-0.1, -0.05) is 42.0 Å². The number of fused-ring (bicyclic) bond motifs is 2. The average Bonchev–Trinajstić information content (AvgIpc) is 4.00. The van der Waals surface area contributed by atoms with Crippen molar-refractivity contribution in [2.24, 2.45) is 0 Å². The van der Waals surface area contributed by atoms with Crippen molar-refractivity contribution in [3.63, 3.8) is 0 Å². The third-order valence-corrected chi connectivity index (χ3v) is 11.3. The molecule has 0 atom stereocenters. The van der Waals surface area contributed by atoms with E-state index in [0.29, 0.717) is 50.4 Å². The van der Waals surface area contributed by atoms with Crippen LogP contribution in [0.5, 0.6) is 0 Å². The first-order chi connectivity index (χ1) is 34.0. The van der Waals surface area contributed by atoms with Gasteiger partial charge in [-0.2, -0.15) is 13.2 Å². The minimum Gasteiger partial charge on any atom is -0.322 e. The number of rotatable bonds is 8. The van der Waals surface area contributed by atoms with E-state index in [4.69, 9.17) is 0 Å². The number of pyridine rings is 4. The molecule has 10 aromatic rings. The van der Waals surface area contributed by atoms with Crippen LogP contribution >= 0.6 is 0 Å². The van der Waals surface area contributed by atoms with Crippen LogP contribution in [-0.4, -0.2) is 40.6 Å². The van der Waals surface area contributed by atoms with Gasteiger partial charge in [0.25, 0.3) is 11.8 Å². The van der Waals surface area contributed by atoms with Gasteiger partial charge in [0.05, 0.1) is 51.4 Å². The quantitative estimate of drug-likeness (QED) is 0.146. The van der Waals surface area contributed by atoms with Gasteiger partial charge in [0.1, 0.15) is 17.5 Å². The molecular formula is C53H34F8N8O2. The lowest BCUT2D eigenvalue weighted by Gasteiger charge is -2.14.